The summed E-state index contributed by atoms with van der Waals surface area (Å²) in [4.78, 5) is 0. The Hall–Kier alpha value is -1.03. The lowest BCUT2D eigenvalue weighted by Gasteiger charge is -2.07. The Bertz CT molecular complexity index is 447. The number of thiol groups is 1. The number of thiocarbonyl (C=S) groups is 1. The molecule has 0 atom stereocenters. The highest BCUT2D eigenvalue weighted by Gasteiger charge is 2.10. The maximum atomic E-state index is 13.3. The molecule has 1 aromatic carbocycles. The summed E-state index contributed by atoms with van der Waals surface area (Å²) in [7, 11) is 0. The van der Waals surface area contributed by atoms with Gasteiger partial charge in [-0.15, -0.1) is 0 Å². The molecule has 1 rings (SSSR count). The van der Waals surface area contributed by atoms with E-state index in [1.165, 1.54) is 6.07 Å². The number of nitrogens with zero attached hydrogens (tertiary/aromatic N) is 1. The van der Waals surface area contributed by atoms with Crippen molar-refractivity contribution in [1.29, 1.82) is 5.26 Å². The van der Waals surface area contributed by atoms with Crippen LogP contribution >= 0.6 is 36.6 Å². The standard InChI is InChI=1S/C8H4ClFN2OS2/c9-5-2-7(13-8(14)12-15)6(10)1-4(5)3-11/h1-2,15H,(H,12,14). The molecule has 1 aromatic rings. The van der Waals surface area contributed by atoms with E-state index in [4.69, 9.17) is 21.6 Å². The van der Waals surface area contributed by atoms with Gasteiger partial charge in [-0.1, -0.05) is 24.4 Å². The van der Waals surface area contributed by atoms with Crippen LogP contribution in [0.25, 0.3) is 0 Å². The lowest BCUT2D eigenvalue weighted by molar-refractivity contribution is 0.492. The van der Waals surface area contributed by atoms with Crippen molar-refractivity contribution in [2.45, 2.75) is 0 Å². The summed E-state index contributed by atoms with van der Waals surface area (Å²) < 4.78 is 20.3. The Balaban J connectivity index is 3.06. The molecule has 0 aromatic heterocycles. The molecule has 0 unspecified atom stereocenters. The lowest BCUT2D eigenvalue weighted by Crippen LogP contribution is -2.17. The van der Waals surface area contributed by atoms with Gasteiger partial charge in [-0.3, -0.25) is 4.72 Å². The maximum absolute atomic E-state index is 13.3. The zero-order valence-electron chi connectivity index (χ0n) is 7.12. The Morgan fingerprint density at radius 1 is 1.67 bits per heavy atom. The Labute approximate surface area is 101 Å². The van der Waals surface area contributed by atoms with Crippen LogP contribution in [-0.4, -0.2) is 5.17 Å². The van der Waals surface area contributed by atoms with Crippen molar-refractivity contribution in [3.8, 4) is 11.8 Å². The zero-order valence-corrected chi connectivity index (χ0v) is 9.59. The normalized spacial score (nSPS) is 9.20. The van der Waals surface area contributed by atoms with Gasteiger partial charge in [0.15, 0.2) is 11.6 Å². The topological polar surface area (TPSA) is 45.0 Å². The quantitative estimate of drug-likeness (QED) is 0.603. The maximum Gasteiger partial charge on any atom is 0.272 e. The highest BCUT2D eigenvalue weighted by Crippen LogP contribution is 2.25. The zero-order chi connectivity index (χ0) is 11.4. The third-order valence-corrected chi connectivity index (χ3v) is 2.29. The summed E-state index contributed by atoms with van der Waals surface area (Å²) >= 11 is 13.9. The fourth-order valence-corrected chi connectivity index (χ4v) is 1.15. The molecule has 3 nitrogen and oxygen atoms in total. The molecular formula is C8H4ClFN2OS2. The van der Waals surface area contributed by atoms with Gasteiger partial charge in [0, 0.05) is 6.07 Å². The molecule has 0 radical (unpaired) electrons. The molecule has 0 aliphatic rings. The second-order valence-corrected chi connectivity index (χ2v) is 3.38. The Morgan fingerprint density at radius 3 is 2.87 bits per heavy atom. The number of ether oxygens (including phenoxy) is 1. The van der Waals surface area contributed by atoms with Crippen LogP contribution in [0, 0.1) is 17.1 Å². The summed E-state index contributed by atoms with van der Waals surface area (Å²) in [5.41, 5.74) is 0.0336. The third-order valence-electron chi connectivity index (χ3n) is 1.44. The highest BCUT2D eigenvalue weighted by molar-refractivity contribution is 7.84. The van der Waals surface area contributed by atoms with Gasteiger partial charge in [0.05, 0.1) is 10.6 Å². The molecule has 0 spiro atoms. The van der Waals surface area contributed by atoms with Gasteiger partial charge in [-0.25, -0.2) is 4.39 Å². The van der Waals surface area contributed by atoms with Gasteiger partial charge in [0.2, 0.25) is 0 Å². The minimum atomic E-state index is -0.720. The molecule has 0 saturated carbocycles. The number of nitriles is 1. The van der Waals surface area contributed by atoms with Crippen LogP contribution < -0.4 is 9.46 Å². The van der Waals surface area contributed by atoms with Gasteiger partial charge in [-0.2, -0.15) is 5.26 Å². The van der Waals surface area contributed by atoms with E-state index < -0.39 is 5.82 Å². The highest BCUT2D eigenvalue weighted by atomic mass is 35.5. The van der Waals surface area contributed by atoms with Crippen LogP contribution in [-0.2, 0) is 0 Å². The first-order valence-corrected chi connectivity index (χ1v) is 4.83. The van der Waals surface area contributed by atoms with E-state index in [0.29, 0.717) is 0 Å². The largest absolute Gasteiger partial charge is 0.428 e. The van der Waals surface area contributed by atoms with E-state index in [9.17, 15) is 4.39 Å². The first kappa shape index (κ1) is 12.0. The lowest BCUT2D eigenvalue weighted by atomic mass is 10.2. The average Bonchev–Trinajstić information content (AvgIpc) is 2.22. The second kappa shape index (κ2) is 5.16. The summed E-state index contributed by atoms with van der Waals surface area (Å²) in [6.45, 7) is 0. The predicted molar refractivity (Wildman–Crippen MR) is 61.5 cm³/mol. The fraction of sp³-hybridized carbons (Fsp3) is 0. The molecule has 15 heavy (non-hydrogen) atoms. The van der Waals surface area contributed by atoms with E-state index in [-0.39, 0.29) is 21.5 Å². The van der Waals surface area contributed by atoms with E-state index in [2.05, 4.69) is 29.8 Å². The fourth-order valence-electron chi connectivity index (χ4n) is 0.815. The van der Waals surface area contributed by atoms with Gasteiger partial charge >= 0.3 is 0 Å². The molecule has 0 saturated heterocycles. The van der Waals surface area contributed by atoms with Gasteiger partial charge < -0.3 is 4.74 Å². The summed E-state index contributed by atoms with van der Waals surface area (Å²) in [5.74, 6) is -0.882. The Morgan fingerprint density at radius 2 is 2.33 bits per heavy atom. The minimum Gasteiger partial charge on any atom is -0.428 e. The Kier molecular flexibility index (Phi) is 4.15. The van der Waals surface area contributed by atoms with E-state index in [1.807, 2.05) is 0 Å². The van der Waals surface area contributed by atoms with Crippen LogP contribution in [0.5, 0.6) is 5.75 Å². The molecular weight excluding hydrogens is 259 g/mol. The molecule has 78 valence electrons. The number of rotatable bonds is 1. The van der Waals surface area contributed by atoms with Crippen molar-refractivity contribution in [3.63, 3.8) is 0 Å². The van der Waals surface area contributed by atoms with E-state index in [1.54, 1.807) is 6.07 Å². The number of nitrogens with one attached hydrogen (secondary N) is 1. The number of hydrogen-bond acceptors (Lipinski definition) is 4. The molecule has 0 heterocycles. The van der Waals surface area contributed by atoms with Crippen molar-refractivity contribution >= 4 is 41.8 Å². The molecule has 0 aliphatic heterocycles. The summed E-state index contributed by atoms with van der Waals surface area (Å²) in [6.07, 6.45) is 0. The number of hydrogen-bond donors (Lipinski definition) is 2. The van der Waals surface area contributed by atoms with E-state index >= 15 is 0 Å². The van der Waals surface area contributed by atoms with E-state index in [0.717, 1.165) is 6.07 Å². The SMILES string of the molecule is N#Cc1cc(F)c(OC(=S)NS)cc1Cl. The van der Waals surface area contributed by atoms with Crippen molar-refractivity contribution in [2.75, 3.05) is 0 Å². The molecule has 7 heteroatoms. The monoisotopic (exact) mass is 262 g/mol. The predicted octanol–water partition coefficient (Wildman–Crippen LogP) is 2.45. The van der Waals surface area contributed by atoms with Crippen LogP contribution in [0.2, 0.25) is 5.02 Å². The van der Waals surface area contributed by atoms with Crippen LogP contribution in [0.15, 0.2) is 12.1 Å². The van der Waals surface area contributed by atoms with Crippen molar-refractivity contribution in [1.82, 2.24) is 4.72 Å². The van der Waals surface area contributed by atoms with Gasteiger partial charge in [-0.05, 0) is 18.3 Å². The summed E-state index contributed by atoms with van der Waals surface area (Å²) in [6, 6.07) is 3.88. The van der Waals surface area contributed by atoms with Crippen molar-refractivity contribution < 1.29 is 9.13 Å². The second-order valence-electron chi connectivity index (χ2n) is 2.38. The average molecular weight is 263 g/mol. The number of benzene rings is 1. The molecule has 0 aliphatic carbocycles. The van der Waals surface area contributed by atoms with Crippen molar-refractivity contribution in [3.05, 3.63) is 28.5 Å². The minimum absolute atomic E-state index is 0.0336. The molecule has 0 bridgehead atoms. The first-order chi connectivity index (χ1) is 7.08. The van der Waals surface area contributed by atoms with Gasteiger partial charge in [0.25, 0.3) is 5.17 Å². The molecule has 0 fully saturated rings. The van der Waals surface area contributed by atoms with Crippen LogP contribution in [0.3, 0.4) is 0 Å². The van der Waals surface area contributed by atoms with Crippen LogP contribution in [0.1, 0.15) is 5.56 Å². The third kappa shape index (κ3) is 2.96. The van der Waals surface area contributed by atoms with Gasteiger partial charge in [0.1, 0.15) is 6.07 Å². The smallest absolute Gasteiger partial charge is 0.272 e. The number of halogens is 2. The molecule has 1 N–H and O–H groups in total. The summed E-state index contributed by atoms with van der Waals surface area (Å²) in [5, 5.41) is 8.55. The van der Waals surface area contributed by atoms with Crippen molar-refractivity contribution in [2.24, 2.45) is 0 Å². The molecule has 0 amide bonds. The van der Waals surface area contributed by atoms with Crippen LogP contribution in [0.4, 0.5) is 4.39 Å². The first-order valence-electron chi connectivity index (χ1n) is 3.59.